The van der Waals surface area contributed by atoms with Crippen molar-refractivity contribution in [2.24, 2.45) is 7.05 Å². The van der Waals surface area contributed by atoms with Crippen LogP contribution in [-0.2, 0) is 27.8 Å². The molecule has 0 spiro atoms. The standard InChI is InChI=1S/C17H22N4O4S/c1-4-24-13-9-7-6-8-12(13)18-15(22)11-26-17-20-19-14(21(17)3)10-16(23)25-5-2/h6-9H,4-5,10-11H2,1-3H3,(H,18,22). The summed E-state index contributed by atoms with van der Waals surface area (Å²) in [4.78, 5) is 23.7. The molecule has 140 valence electrons. The minimum absolute atomic E-state index is 0.0474. The molecule has 0 atom stereocenters. The summed E-state index contributed by atoms with van der Waals surface area (Å²) in [6.45, 7) is 4.47. The van der Waals surface area contributed by atoms with Gasteiger partial charge in [0.1, 0.15) is 18.0 Å². The number of anilines is 1. The molecule has 0 radical (unpaired) electrons. The Labute approximate surface area is 156 Å². The van der Waals surface area contributed by atoms with E-state index in [0.717, 1.165) is 0 Å². The Kier molecular flexibility index (Phi) is 7.46. The lowest BCUT2D eigenvalue weighted by Crippen LogP contribution is -2.15. The molecule has 0 aliphatic heterocycles. The maximum absolute atomic E-state index is 12.2. The highest BCUT2D eigenvalue weighted by molar-refractivity contribution is 7.99. The Morgan fingerprint density at radius 2 is 1.96 bits per heavy atom. The molecule has 0 aliphatic rings. The van der Waals surface area contributed by atoms with E-state index in [1.165, 1.54) is 11.8 Å². The van der Waals surface area contributed by atoms with Crippen molar-refractivity contribution >= 4 is 29.3 Å². The van der Waals surface area contributed by atoms with Crippen molar-refractivity contribution < 1.29 is 19.1 Å². The first kappa shape index (κ1) is 19.8. The van der Waals surface area contributed by atoms with Crippen LogP contribution in [0.25, 0.3) is 0 Å². The highest BCUT2D eigenvalue weighted by Gasteiger charge is 2.15. The Hall–Kier alpha value is -2.55. The van der Waals surface area contributed by atoms with Crippen molar-refractivity contribution in [3.05, 3.63) is 30.1 Å². The number of hydrogen-bond acceptors (Lipinski definition) is 7. The van der Waals surface area contributed by atoms with Gasteiger partial charge < -0.3 is 19.4 Å². The van der Waals surface area contributed by atoms with E-state index in [1.54, 1.807) is 30.7 Å². The second kappa shape index (κ2) is 9.81. The van der Waals surface area contributed by atoms with Crippen LogP contribution in [0.3, 0.4) is 0 Å². The molecule has 0 fully saturated rings. The first-order valence-electron chi connectivity index (χ1n) is 8.23. The summed E-state index contributed by atoms with van der Waals surface area (Å²) < 4.78 is 12.1. The molecular formula is C17H22N4O4S. The smallest absolute Gasteiger partial charge is 0.313 e. The summed E-state index contributed by atoms with van der Waals surface area (Å²) in [6, 6.07) is 7.26. The van der Waals surface area contributed by atoms with Crippen LogP contribution in [0.4, 0.5) is 5.69 Å². The zero-order valence-electron chi connectivity index (χ0n) is 15.0. The third-order valence-corrected chi connectivity index (χ3v) is 4.35. The molecule has 0 saturated carbocycles. The monoisotopic (exact) mass is 378 g/mol. The first-order chi connectivity index (χ1) is 12.5. The second-order valence-corrected chi connectivity index (χ2v) is 6.15. The highest BCUT2D eigenvalue weighted by atomic mass is 32.2. The quantitative estimate of drug-likeness (QED) is 0.527. The van der Waals surface area contributed by atoms with E-state index in [2.05, 4.69) is 15.5 Å². The molecule has 0 unspecified atom stereocenters. The molecule has 0 aliphatic carbocycles. The normalized spacial score (nSPS) is 10.4. The van der Waals surface area contributed by atoms with Gasteiger partial charge in [-0.3, -0.25) is 9.59 Å². The Balaban J connectivity index is 1.92. The average Bonchev–Trinajstić information content (AvgIpc) is 2.95. The van der Waals surface area contributed by atoms with Crippen molar-refractivity contribution in [3.63, 3.8) is 0 Å². The largest absolute Gasteiger partial charge is 0.492 e. The van der Waals surface area contributed by atoms with E-state index >= 15 is 0 Å². The van der Waals surface area contributed by atoms with Gasteiger partial charge in [0.2, 0.25) is 5.91 Å². The summed E-state index contributed by atoms with van der Waals surface area (Å²) in [5.41, 5.74) is 0.626. The summed E-state index contributed by atoms with van der Waals surface area (Å²) in [7, 11) is 1.75. The predicted molar refractivity (Wildman–Crippen MR) is 98.3 cm³/mol. The van der Waals surface area contributed by atoms with E-state index in [1.807, 2.05) is 19.1 Å². The molecule has 9 heteroatoms. The van der Waals surface area contributed by atoms with E-state index in [0.29, 0.717) is 35.6 Å². The fourth-order valence-electron chi connectivity index (χ4n) is 2.13. The van der Waals surface area contributed by atoms with Crippen LogP contribution < -0.4 is 10.1 Å². The molecule has 1 heterocycles. The number of nitrogens with one attached hydrogen (secondary N) is 1. The van der Waals surface area contributed by atoms with Gasteiger partial charge in [-0.05, 0) is 26.0 Å². The van der Waals surface area contributed by atoms with Gasteiger partial charge in [0, 0.05) is 7.05 Å². The number of amides is 1. The molecule has 0 saturated heterocycles. The lowest BCUT2D eigenvalue weighted by molar-refractivity contribution is -0.142. The molecule has 8 nitrogen and oxygen atoms in total. The molecule has 2 rings (SSSR count). The van der Waals surface area contributed by atoms with Gasteiger partial charge in [0.05, 0.1) is 24.7 Å². The molecule has 26 heavy (non-hydrogen) atoms. The zero-order chi connectivity index (χ0) is 18.9. The molecule has 1 aromatic heterocycles. The average molecular weight is 378 g/mol. The molecule has 0 bridgehead atoms. The van der Waals surface area contributed by atoms with Gasteiger partial charge in [0.15, 0.2) is 5.16 Å². The summed E-state index contributed by atoms with van der Waals surface area (Å²) in [6.07, 6.45) is 0.0474. The van der Waals surface area contributed by atoms with Gasteiger partial charge in [-0.1, -0.05) is 23.9 Å². The highest BCUT2D eigenvalue weighted by Crippen LogP contribution is 2.24. The van der Waals surface area contributed by atoms with Crippen molar-refractivity contribution in [2.45, 2.75) is 25.4 Å². The van der Waals surface area contributed by atoms with E-state index in [-0.39, 0.29) is 24.1 Å². The van der Waals surface area contributed by atoms with E-state index < -0.39 is 0 Å². The third kappa shape index (κ3) is 5.48. The van der Waals surface area contributed by atoms with Gasteiger partial charge in [0.25, 0.3) is 0 Å². The minimum Gasteiger partial charge on any atom is -0.492 e. The van der Waals surface area contributed by atoms with Crippen LogP contribution >= 0.6 is 11.8 Å². The lowest BCUT2D eigenvalue weighted by Gasteiger charge is -2.11. The minimum atomic E-state index is -0.357. The maximum atomic E-state index is 12.2. The fraction of sp³-hybridized carbons (Fsp3) is 0.412. The summed E-state index contributed by atoms with van der Waals surface area (Å²) >= 11 is 1.24. The Bertz CT molecular complexity index is 763. The number of hydrogen-bond donors (Lipinski definition) is 1. The topological polar surface area (TPSA) is 95.3 Å². The molecular weight excluding hydrogens is 356 g/mol. The number of carbonyl (C=O) groups excluding carboxylic acids is 2. The fourth-order valence-corrected chi connectivity index (χ4v) is 2.86. The predicted octanol–water partition coefficient (Wildman–Crippen LogP) is 2.05. The number of nitrogens with zero attached hydrogens (tertiary/aromatic N) is 3. The van der Waals surface area contributed by atoms with Crippen LogP contribution in [0.2, 0.25) is 0 Å². The Morgan fingerprint density at radius 3 is 2.69 bits per heavy atom. The van der Waals surface area contributed by atoms with Crippen LogP contribution in [0.1, 0.15) is 19.7 Å². The number of thioether (sulfide) groups is 1. The van der Waals surface area contributed by atoms with Crippen LogP contribution in [0.15, 0.2) is 29.4 Å². The SMILES string of the molecule is CCOC(=O)Cc1nnc(SCC(=O)Nc2ccccc2OCC)n1C. The van der Waals surface area contributed by atoms with Gasteiger partial charge in [-0.15, -0.1) is 10.2 Å². The van der Waals surface area contributed by atoms with E-state index in [4.69, 9.17) is 9.47 Å². The van der Waals surface area contributed by atoms with Crippen molar-refractivity contribution in [1.29, 1.82) is 0 Å². The molecule has 1 amide bonds. The van der Waals surface area contributed by atoms with E-state index in [9.17, 15) is 9.59 Å². The van der Waals surface area contributed by atoms with Crippen LogP contribution in [0.5, 0.6) is 5.75 Å². The number of para-hydroxylation sites is 2. The summed E-state index contributed by atoms with van der Waals surface area (Å²) in [5, 5.41) is 11.4. The zero-order valence-corrected chi connectivity index (χ0v) is 15.8. The van der Waals surface area contributed by atoms with Gasteiger partial charge >= 0.3 is 5.97 Å². The van der Waals surface area contributed by atoms with Crippen LogP contribution in [-0.4, -0.2) is 45.6 Å². The number of aromatic nitrogens is 3. The van der Waals surface area contributed by atoms with Gasteiger partial charge in [-0.2, -0.15) is 0 Å². The van der Waals surface area contributed by atoms with Crippen molar-refractivity contribution in [1.82, 2.24) is 14.8 Å². The number of ether oxygens (including phenoxy) is 2. The van der Waals surface area contributed by atoms with Crippen molar-refractivity contribution in [2.75, 3.05) is 24.3 Å². The first-order valence-corrected chi connectivity index (χ1v) is 9.22. The number of carbonyl (C=O) groups is 2. The van der Waals surface area contributed by atoms with Crippen molar-refractivity contribution in [3.8, 4) is 5.75 Å². The summed E-state index contributed by atoms with van der Waals surface area (Å²) in [5.74, 6) is 0.741. The molecule has 1 N–H and O–H groups in total. The second-order valence-electron chi connectivity index (χ2n) is 5.21. The Morgan fingerprint density at radius 1 is 1.19 bits per heavy atom. The number of rotatable bonds is 9. The maximum Gasteiger partial charge on any atom is 0.313 e. The van der Waals surface area contributed by atoms with Gasteiger partial charge in [-0.25, -0.2) is 0 Å². The third-order valence-electron chi connectivity index (χ3n) is 3.33. The molecule has 1 aromatic carbocycles. The lowest BCUT2D eigenvalue weighted by atomic mass is 10.3. The number of esters is 1. The molecule has 2 aromatic rings. The number of benzene rings is 1. The van der Waals surface area contributed by atoms with Crippen LogP contribution in [0, 0.1) is 0 Å².